The highest BCUT2D eigenvalue weighted by Gasteiger charge is 2.11. The molecule has 3 aromatic rings. The van der Waals surface area contributed by atoms with Gasteiger partial charge in [-0.15, -0.1) is 0 Å². The molecule has 0 aliphatic carbocycles. The summed E-state index contributed by atoms with van der Waals surface area (Å²) in [5.74, 6) is 1.65. The number of para-hydroxylation sites is 1. The van der Waals surface area contributed by atoms with Gasteiger partial charge in [0.25, 0.3) is 0 Å². The molecule has 3 N–H and O–H groups in total. The number of hydrogen-bond donors (Lipinski definition) is 2. The maximum atomic E-state index is 6.07. The van der Waals surface area contributed by atoms with E-state index in [2.05, 4.69) is 47.0 Å². The number of aromatic nitrogens is 1. The Labute approximate surface area is 153 Å². The van der Waals surface area contributed by atoms with Crippen LogP contribution in [0.5, 0.6) is 11.5 Å². The van der Waals surface area contributed by atoms with Crippen molar-refractivity contribution in [1.29, 1.82) is 0 Å². The summed E-state index contributed by atoms with van der Waals surface area (Å²) in [6, 6.07) is 13.8. The third-order valence-corrected chi connectivity index (χ3v) is 4.56. The van der Waals surface area contributed by atoms with Crippen LogP contribution in [0.15, 0.2) is 47.5 Å². The molecule has 0 unspecified atom stereocenters. The van der Waals surface area contributed by atoms with Crippen molar-refractivity contribution in [3.8, 4) is 11.5 Å². The fourth-order valence-corrected chi connectivity index (χ4v) is 3.12. The van der Waals surface area contributed by atoms with Gasteiger partial charge in [-0.25, -0.2) is 4.99 Å². The molecule has 0 aliphatic heterocycles. The highest BCUT2D eigenvalue weighted by molar-refractivity contribution is 5.92. The predicted octanol–water partition coefficient (Wildman–Crippen LogP) is 3.43. The molecule has 0 amide bonds. The Morgan fingerprint density at radius 3 is 2.54 bits per heavy atom. The fourth-order valence-electron chi connectivity index (χ4n) is 3.12. The molecule has 26 heavy (non-hydrogen) atoms. The molecule has 6 nitrogen and oxygen atoms in total. The van der Waals surface area contributed by atoms with E-state index in [1.807, 2.05) is 24.3 Å². The van der Waals surface area contributed by atoms with Crippen molar-refractivity contribution in [2.24, 2.45) is 17.8 Å². The van der Waals surface area contributed by atoms with Crippen LogP contribution in [0.25, 0.3) is 10.9 Å². The highest BCUT2D eigenvalue weighted by Crippen LogP contribution is 2.29. The molecule has 136 valence electrons. The summed E-state index contributed by atoms with van der Waals surface area (Å²) >= 11 is 0. The zero-order chi connectivity index (χ0) is 18.7. The average molecular weight is 352 g/mol. The number of ether oxygens (including phenoxy) is 2. The first kappa shape index (κ1) is 17.7. The smallest absolute Gasteiger partial charge is 0.193 e. The Hall–Kier alpha value is -3.15. The maximum Gasteiger partial charge on any atom is 0.193 e. The lowest BCUT2D eigenvalue weighted by Gasteiger charge is -2.11. The number of nitrogens with zero attached hydrogens (tertiary/aromatic N) is 2. The van der Waals surface area contributed by atoms with Crippen molar-refractivity contribution in [2.45, 2.75) is 13.5 Å². The maximum absolute atomic E-state index is 6.07. The molecule has 0 atom stereocenters. The lowest BCUT2D eigenvalue weighted by atomic mass is 10.1. The molecule has 6 heteroatoms. The molecule has 1 aromatic heterocycles. The van der Waals surface area contributed by atoms with Crippen LogP contribution in [0.4, 0.5) is 5.69 Å². The topological polar surface area (TPSA) is 73.8 Å². The molecule has 0 aliphatic rings. The van der Waals surface area contributed by atoms with Crippen LogP contribution in [0, 0.1) is 6.92 Å². The Bertz CT molecular complexity index is 921. The van der Waals surface area contributed by atoms with E-state index in [4.69, 9.17) is 15.2 Å². The van der Waals surface area contributed by atoms with Gasteiger partial charge >= 0.3 is 0 Å². The normalized spacial score (nSPS) is 11.6. The minimum atomic E-state index is 0.349. The first-order valence-corrected chi connectivity index (χ1v) is 8.37. The second-order valence-electron chi connectivity index (χ2n) is 6.04. The van der Waals surface area contributed by atoms with E-state index in [0.717, 1.165) is 11.4 Å². The van der Waals surface area contributed by atoms with Gasteiger partial charge in [0.15, 0.2) is 17.5 Å². The lowest BCUT2D eigenvalue weighted by molar-refractivity contribution is 0.355. The van der Waals surface area contributed by atoms with E-state index in [1.165, 1.54) is 16.5 Å². The van der Waals surface area contributed by atoms with Crippen LogP contribution in [0.2, 0.25) is 0 Å². The lowest BCUT2D eigenvalue weighted by Crippen LogP contribution is -2.22. The van der Waals surface area contributed by atoms with E-state index >= 15 is 0 Å². The number of rotatable bonds is 5. The number of methoxy groups -OCH3 is 2. The summed E-state index contributed by atoms with van der Waals surface area (Å²) < 4.78 is 12.7. The van der Waals surface area contributed by atoms with Gasteiger partial charge in [0.1, 0.15) is 0 Å². The highest BCUT2D eigenvalue weighted by atomic mass is 16.5. The summed E-state index contributed by atoms with van der Waals surface area (Å²) in [7, 11) is 5.26. The van der Waals surface area contributed by atoms with Crippen molar-refractivity contribution < 1.29 is 9.47 Å². The van der Waals surface area contributed by atoms with Crippen LogP contribution in [-0.4, -0.2) is 24.7 Å². The fraction of sp³-hybridized carbons (Fsp3) is 0.250. The number of benzene rings is 2. The number of hydrogen-bond acceptors (Lipinski definition) is 3. The first-order valence-electron chi connectivity index (χ1n) is 8.37. The monoisotopic (exact) mass is 352 g/mol. The third kappa shape index (κ3) is 3.31. The Morgan fingerprint density at radius 2 is 1.85 bits per heavy atom. The van der Waals surface area contributed by atoms with Crippen LogP contribution in [0.1, 0.15) is 11.3 Å². The van der Waals surface area contributed by atoms with Gasteiger partial charge in [-0.05, 0) is 30.7 Å². The quantitative estimate of drug-likeness (QED) is 0.545. The minimum Gasteiger partial charge on any atom is -0.493 e. The molecular weight excluding hydrogens is 328 g/mol. The van der Waals surface area contributed by atoms with Gasteiger partial charge in [-0.1, -0.05) is 18.2 Å². The molecule has 0 fully saturated rings. The number of aryl methyl sites for hydroxylation is 2. The Morgan fingerprint density at radius 1 is 1.12 bits per heavy atom. The minimum absolute atomic E-state index is 0.349. The van der Waals surface area contributed by atoms with Gasteiger partial charge in [-0.3, -0.25) is 0 Å². The van der Waals surface area contributed by atoms with Crippen molar-refractivity contribution in [2.75, 3.05) is 19.5 Å². The number of nitrogens with two attached hydrogens (primary N) is 1. The zero-order valence-corrected chi connectivity index (χ0v) is 15.5. The predicted molar refractivity (Wildman–Crippen MR) is 106 cm³/mol. The molecule has 0 spiro atoms. The Balaban J connectivity index is 1.79. The molecule has 0 radical (unpaired) electrons. The van der Waals surface area contributed by atoms with Crippen LogP contribution < -0.4 is 20.5 Å². The SMILES string of the molecule is COc1ccc(NC(N)=NCc2c(C)c3ccccc3n2C)cc1OC. The number of aliphatic imine (C=N–C) groups is 1. The molecule has 2 aromatic carbocycles. The van der Waals surface area contributed by atoms with Gasteiger partial charge in [-0.2, -0.15) is 0 Å². The summed E-state index contributed by atoms with van der Waals surface area (Å²) in [4.78, 5) is 4.50. The van der Waals surface area contributed by atoms with E-state index in [9.17, 15) is 0 Å². The molecule has 0 saturated heterocycles. The first-order chi connectivity index (χ1) is 12.5. The van der Waals surface area contributed by atoms with Crippen LogP contribution in [-0.2, 0) is 13.6 Å². The Kier molecular flexibility index (Phi) is 5.02. The van der Waals surface area contributed by atoms with E-state index in [0.29, 0.717) is 24.0 Å². The van der Waals surface area contributed by atoms with Crippen LogP contribution >= 0.6 is 0 Å². The molecule has 0 bridgehead atoms. The summed E-state index contributed by atoms with van der Waals surface area (Å²) in [6.07, 6.45) is 0. The van der Waals surface area contributed by atoms with Crippen molar-refractivity contribution in [3.05, 3.63) is 53.7 Å². The number of nitrogens with one attached hydrogen (secondary N) is 1. The zero-order valence-electron chi connectivity index (χ0n) is 15.5. The van der Waals surface area contributed by atoms with Crippen molar-refractivity contribution in [1.82, 2.24) is 4.57 Å². The van der Waals surface area contributed by atoms with Crippen molar-refractivity contribution in [3.63, 3.8) is 0 Å². The summed E-state index contributed by atoms with van der Waals surface area (Å²) in [5.41, 5.74) is 10.4. The van der Waals surface area contributed by atoms with Crippen molar-refractivity contribution >= 4 is 22.5 Å². The average Bonchev–Trinajstić information content (AvgIpc) is 2.90. The molecule has 1 heterocycles. The van der Waals surface area contributed by atoms with E-state index in [1.54, 1.807) is 14.2 Å². The number of anilines is 1. The van der Waals surface area contributed by atoms with Gasteiger partial charge in [0, 0.05) is 35.4 Å². The number of fused-ring (bicyclic) bond motifs is 1. The van der Waals surface area contributed by atoms with E-state index in [-0.39, 0.29) is 0 Å². The second kappa shape index (κ2) is 7.39. The molecule has 3 rings (SSSR count). The standard InChI is InChI=1S/C20H24N4O2/c1-13-15-7-5-6-8-16(15)24(2)17(13)12-22-20(21)23-14-9-10-18(25-3)19(11-14)26-4/h5-11H,12H2,1-4H3,(H3,21,22,23). The van der Waals surface area contributed by atoms with Gasteiger partial charge in [0.05, 0.1) is 20.8 Å². The summed E-state index contributed by atoms with van der Waals surface area (Å²) in [5, 5.41) is 4.34. The van der Waals surface area contributed by atoms with Gasteiger partial charge in [0.2, 0.25) is 0 Å². The summed E-state index contributed by atoms with van der Waals surface area (Å²) in [6.45, 7) is 2.62. The molecule has 0 saturated carbocycles. The second-order valence-corrected chi connectivity index (χ2v) is 6.04. The van der Waals surface area contributed by atoms with Crippen LogP contribution in [0.3, 0.4) is 0 Å². The third-order valence-electron chi connectivity index (χ3n) is 4.56. The molecular formula is C20H24N4O2. The largest absolute Gasteiger partial charge is 0.493 e. The van der Waals surface area contributed by atoms with Gasteiger partial charge < -0.3 is 25.1 Å². The number of guanidine groups is 1. The van der Waals surface area contributed by atoms with E-state index < -0.39 is 0 Å².